The Morgan fingerprint density at radius 3 is 2.40 bits per heavy atom. The summed E-state index contributed by atoms with van der Waals surface area (Å²) in [7, 11) is 0. The van der Waals surface area contributed by atoms with Gasteiger partial charge in [-0.3, -0.25) is 0 Å². The fourth-order valence-electron chi connectivity index (χ4n) is 2.97. The zero-order valence-corrected chi connectivity index (χ0v) is 13.9. The number of hydrogen-bond acceptors (Lipinski definition) is 4. The SMILES string of the molecule is Cc1cc(C)n(-c2cc(C(F)F)nc(NC3CCC(F)(F)CC3)n2)n1. The van der Waals surface area contributed by atoms with E-state index in [0.29, 0.717) is 0 Å². The Bertz CT molecular complexity index is 749. The van der Waals surface area contributed by atoms with Gasteiger partial charge in [-0.1, -0.05) is 0 Å². The number of nitrogens with one attached hydrogen (secondary N) is 1. The Balaban J connectivity index is 1.87. The molecule has 1 fully saturated rings. The zero-order valence-electron chi connectivity index (χ0n) is 13.9. The van der Waals surface area contributed by atoms with Crippen LogP contribution in [0.2, 0.25) is 0 Å². The van der Waals surface area contributed by atoms with Crippen molar-refractivity contribution < 1.29 is 17.6 Å². The molecule has 0 spiro atoms. The molecule has 2 aromatic heterocycles. The molecule has 25 heavy (non-hydrogen) atoms. The Hall–Kier alpha value is -2.19. The number of hydrogen-bond donors (Lipinski definition) is 1. The third-order valence-electron chi connectivity index (χ3n) is 4.23. The number of aromatic nitrogens is 4. The Kier molecular flexibility index (Phi) is 4.66. The first-order valence-electron chi connectivity index (χ1n) is 8.09. The highest BCUT2D eigenvalue weighted by Crippen LogP contribution is 2.34. The number of nitrogens with zero attached hydrogens (tertiary/aromatic N) is 4. The standard InChI is InChI=1S/C16H19F4N5/c1-9-7-10(2)25(24-9)13-8-12(14(17)18)22-15(23-13)21-11-3-5-16(19,20)6-4-11/h7-8,11,14H,3-6H2,1-2H3,(H,21,22,23). The molecule has 0 atom stereocenters. The van der Waals surface area contributed by atoms with Crippen molar-refractivity contribution in [3.8, 4) is 5.82 Å². The molecular weight excluding hydrogens is 338 g/mol. The average molecular weight is 357 g/mol. The van der Waals surface area contributed by atoms with E-state index in [0.717, 1.165) is 11.4 Å². The van der Waals surface area contributed by atoms with Gasteiger partial charge in [0.25, 0.3) is 6.43 Å². The first kappa shape index (κ1) is 17.6. The van der Waals surface area contributed by atoms with Crippen LogP contribution in [0, 0.1) is 13.8 Å². The summed E-state index contributed by atoms with van der Waals surface area (Å²) >= 11 is 0. The van der Waals surface area contributed by atoms with Crippen LogP contribution in [0.15, 0.2) is 12.1 Å². The van der Waals surface area contributed by atoms with Gasteiger partial charge in [-0.15, -0.1) is 0 Å². The fraction of sp³-hybridized carbons (Fsp3) is 0.562. The molecular formula is C16H19F4N5. The minimum Gasteiger partial charge on any atom is -0.351 e. The van der Waals surface area contributed by atoms with E-state index in [1.807, 2.05) is 0 Å². The Morgan fingerprint density at radius 2 is 1.84 bits per heavy atom. The van der Waals surface area contributed by atoms with Crippen molar-refractivity contribution in [2.45, 2.75) is 57.9 Å². The fourth-order valence-corrected chi connectivity index (χ4v) is 2.97. The van der Waals surface area contributed by atoms with E-state index in [-0.39, 0.29) is 43.5 Å². The molecule has 0 saturated heterocycles. The third-order valence-corrected chi connectivity index (χ3v) is 4.23. The Morgan fingerprint density at radius 1 is 1.16 bits per heavy atom. The van der Waals surface area contributed by atoms with E-state index >= 15 is 0 Å². The lowest BCUT2D eigenvalue weighted by Gasteiger charge is -2.28. The molecule has 1 N–H and O–H groups in total. The summed E-state index contributed by atoms with van der Waals surface area (Å²) in [4.78, 5) is 8.07. The van der Waals surface area contributed by atoms with E-state index in [2.05, 4.69) is 20.4 Å². The smallest absolute Gasteiger partial charge is 0.280 e. The van der Waals surface area contributed by atoms with Crippen LogP contribution in [0.1, 0.15) is 49.2 Å². The molecule has 1 saturated carbocycles. The van der Waals surface area contributed by atoms with Gasteiger partial charge in [0.2, 0.25) is 11.9 Å². The van der Waals surface area contributed by atoms with Gasteiger partial charge in [0.15, 0.2) is 5.82 Å². The lowest BCUT2D eigenvalue weighted by molar-refractivity contribution is -0.0361. The maximum Gasteiger partial charge on any atom is 0.280 e. The van der Waals surface area contributed by atoms with Gasteiger partial charge in [0.1, 0.15) is 5.69 Å². The summed E-state index contributed by atoms with van der Waals surface area (Å²) in [5.41, 5.74) is 1.06. The van der Waals surface area contributed by atoms with E-state index in [1.165, 1.54) is 10.7 Å². The van der Waals surface area contributed by atoms with E-state index in [9.17, 15) is 17.6 Å². The second-order valence-electron chi connectivity index (χ2n) is 6.39. The van der Waals surface area contributed by atoms with Gasteiger partial charge in [-0.25, -0.2) is 27.2 Å². The van der Waals surface area contributed by atoms with Gasteiger partial charge in [-0.2, -0.15) is 10.1 Å². The summed E-state index contributed by atoms with van der Waals surface area (Å²) in [6.07, 6.45) is -2.75. The minimum atomic E-state index is -2.77. The monoisotopic (exact) mass is 357 g/mol. The predicted molar refractivity (Wildman–Crippen MR) is 84.4 cm³/mol. The summed E-state index contributed by atoms with van der Waals surface area (Å²) < 4.78 is 54.3. The van der Waals surface area contributed by atoms with Crippen molar-refractivity contribution in [1.82, 2.24) is 19.7 Å². The summed E-state index contributed by atoms with van der Waals surface area (Å²) in [6.45, 7) is 3.58. The lowest BCUT2D eigenvalue weighted by atomic mass is 9.92. The van der Waals surface area contributed by atoms with Crippen molar-refractivity contribution in [2.75, 3.05) is 5.32 Å². The van der Waals surface area contributed by atoms with Crippen LogP contribution in [0.5, 0.6) is 0 Å². The molecule has 0 aliphatic heterocycles. The van der Waals surface area contributed by atoms with Crippen LogP contribution in [0.4, 0.5) is 23.5 Å². The van der Waals surface area contributed by atoms with Gasteiger partial charge >= 0.3 is 0 Å². The number of aryl methyl sites for hydroxylation is 2. The van der Waals surface area contributed by atoms with E-state index < -0.39 is 18.0 Å². The molecule has 0 unspecified atom stereocenters. The van der Waals surface area contributed by atoms with Crippen LogP contribution in [0.3, 0.4) is 0 Å². The van der Waals surface area contributed by atoms with Crippen LogP contribution in [-0.4, -0.2) is 31.7 Å². The third kappa shape index (κ3) is 4.08. The molecule has 3 rings (SSSR count). The van der Waals surface area contributed by atoms with Crippen LogP contribution in [0.25, 0.3) is 5.82 Å². The summed E-state index contributed by atoms with van der Waals surface area (Å²) in [6, 6.07) is 2.73. The normalized spacial score (nSPS) is 17.9. The number of rotatable bonds is 4. The second-order valence-corrected chi connectivity index (χ2v) is 6.39. The van der Waals surface area contributed by atoms with Crippen LogP contribution >= 0.6 is 0 Å². The number of halogens is 4. The van der Waals surface area contributed by atoms with Crippen LogP contribution in [-0.2, 0) is 0 Å². The van der Waals surface area contributed by atoms with Crippen LogP contribution < -0.4 is 5.32 Å². The van der Waals surface area contributed by atoms with Crippen molar-refractivity contribution in [1.29, 1.82) is 0 Å². The molecule has 136 valence electrons. The highest BCUT2D eigenvalue weighted by atomic mass is 19.3. The average Bonchev–Trinajstić information content (AvgIpc) is 2.88. The topological polar surface area (TPSA) is 55.6 Å². The quantitative estimate of drug-likeness (QED) is 0.833. The lowest BCUT2D eigenvalue weighted by Crippen LogP contribution is -2.32. The predicted octanol–water partition coefficient (Wildman–Crippen LogP) is 4.21. The zero-order chi connectivity index (χ0) is 18.2. The maximum atomic E-state index is 13.2. The molecule has 0 aromatic carbocycles. The van der Waals surface area contributed by atoms with Crippen molar-refractivity contribution in [3.63, 3.8) is 0 Å². The summed E-state index contributed by atoms with van der Waals surface area (Å²) in [5, 5.41) is 7.16. The number of alkyl halides is 4. The molecule has 2 heterocycles. The van der Waals surface area contributed by atoms with E-state index in [1.54, 1.807) is 19.9 Å². The molecule has 9 heteroatoms. The molecule has 1 aliphatic carbocycles. The molecule has 1 aliphatic rings. The first-order valence-corrected chi connectivity index (χ1v) is 8.09. The molecule has 0 amide bonds. The van der Waals surface area contributed by atoms with E-state index in [4.69, 9.17) is 0 Å². The highest BCUT2D eigenvalue weighted by Gasteiger charge is 2.35. The first-order chi connectivity index (χ1) is 11.7. The number of anilines is 1. The minimum absolute atomic E-state index is 0.00979. The van der Waals surface area contributed by atoms with Crippen molar-refractivity contribution in [3.05, 3.63) is 29.2 Å². The maximum absolute atomic E-state index is 13.2. The van der Waals surface area contributed by atoms with Crippen molar-refractivity contribution >= 4 is 5.95 Å². The van der Waals surface area contributed by atoms with Gasteiger partial charge in [-0.05, 0) is 32.8 Å². The highest BCUT2D eigenvalue weighted by molar-refractivity contribution is 5.37. The molecule has 0 bridgehead atoms. The van der Waals surface area contributed by atoms with Gasteiger partial charge in [0, 0.05) is 30.6 Å². The van der Waals surface area contributed by atoms with Gasteiger partial charge < -0.3 is 5.32 Å². The molecule has 0 radical (unpaired) electrons. The van der Waals surface area contributed by atoms with Gasteiger partial charge in [0.05, 0.1) is 5.69 Å². The molecule has 5 nitrogen and oxygen atoms in total. The summed E-state index contributed by atoms with van der Waals surface area (Å²) in [5.74, 6) is -2.42. The van der Waals surface area contributed by atoms with Crippen molar-refractivity contribution in [2.24, 2.45) is 0 Å². The molecule has 2 aromatic rings. The second kappa shape index (κ2) is 6.61. The largest absolute Gasteiger partial charge is 0.351 e. The Labute approximate surface area is 142 Å².